The molecule has 0 aliphatic heterocycles. The van der Waals surface area contributed by atoms with Crippen molar-refractivity contribution >= 4 is 17.3 Å². The second-order valence-corrected chi connectivity index (χ2v) is 6.93. The normalized spacial score (nSPS) is 10.6. The SMILES string of the molecule is CCN(CC)c1ccc(NC(=O)c2nn(-c3ccccc3OC)c(=O)cc2O)c(C)c1. The number of para-hydroxylation sites is 2. The van der Waals surface area contributed by atoms with Gasteiger partial charge in [0.2, 0.25) is 0 Å². The fraction of sp³-hybridized carbons (Fsp3) is 0.261. The lowest BCUT2D eigenvalue weighted by Gasteiger charge is -2.22. The van der Waals surface area contributed by atoms with Crippen molar-refractivity contribution in [2.75, 3.05) is 30.4 Å². The molecule has 0 saturated carbocycles. The molecule has 31 heavy (non-hydrogen) atoms. The number of methoxy groups -OCH3 is 1. The Labute approximate surface area is 180 Å². The molecule has 1 aromatic heterocycles. The van der Waals surface area contributed by atoms with E-state index in [0.717, 1.165) is 35.1 Å². The van der Waals surface area contributed by atoms with E-state index in [4.69, 9.17) is 4.74 Å². The van der Waals surface area contributed by atoms with E-state index in [2.05, 4.69) is 29.2 Å². The first-order chi connectivity index (χ1) is 14.9. The number of amides is 1. The number of hydrogen-bond donors (Lipinski definition) is 2. The quantitative estimate of drug-likeness (QED) is 0.606. The summed E-state index contributed by atoms with van der Waals surface area (Å²) in [5.74, 6) is -0.706. The van der Waals surface area contributed by atoms with Crippen LogP contribution in [0.25, 0.3) is 5.69 Å². The highest BCUT2D eigenvalue weighted by Gasteiger charge is 2.19. The number of aryl methyl sites for hydroxylation is 1. The first-order valence-corrected chi connectivity index (χ1v) is 10.0. The van der Waals surface area contributed by atoms with Gasteiger partial charge in [-0.2, -0.15) is 9.78 Å². The Balaban J connectivity index is 1.95. The van der Waals surface area contributed by atoms with Crippen LogP contribution in [0.2, 0.25) is 0 Å². The minimum Gasteiger partial charge on any atom is -0.505 e. The van der Waals surface area contributed by atoms with Crippen molar-refractivity contribution in [3.8, 4) is 17.2 Å². The van der Waals surface area contributed by atoms with Crippen molar-refractivity contribution in [2.45, 2.75) is 20.8 Å². The molecule has 0 spiro atoms. The minimum absolute atomic E-state index is 0.266. The predicted molar refractivity (Wildman–Crippen MR) is 121 cm³/mol. The number of anilines is 2. The standard InChI is InChI=1S/C23H26N4O4/c1-5-26(6-2)16-11-12-17(15(3)13-16)24-23(30)22-19(28)14-21(29)27(25-22)18-9-7-8-10-20(18)31-4/h7-14,28H,5-6H2,1-4H3,(H,24,30). The number of carbonyl (C=O) groups is 1. The number of benzene rings is 2. The summed E-state index contributed by atoms with van der Waals surface area (Å²) in [4.78, 5) is 27.5. The summed E-state index contributed by atoms with van der Waals surface area (Å²) >= 11 is 0. The largest absolute Gasteiger partial charge is 0.505 e. The topological polar surface area (TPSA) is 96.7 Å². The van der Waals surface area contributed by atoms with Crippen LogP contribution in [-0.2, 0) is 0 Å². The molecule has 0 fully saturated rings. The zero-order valence-corrected chi connectivity index (χ0v) is 18.0. The van der Waals surface area contributed by atoms with Gasteiger partial charge in [-0.15, -0.1) is 0 Å². The average Bonchev–Trinajstić information content (AvgIpc) is 2.76. The van der Waals surface area contributed by atoms with Gasteiger partial charge in [0.25, 0.3) is 11.5 Å². The van der Waals surface area contributed by atoms with Crippen LogP contribution in [0.5, 0.6) is 11.5 Å². The van der Waals surface area contributed by atoms with E-state index in [1.165, 1.54) is 7.11 Å². The molecule has 2 aromatic carbocycles. The molecule has 1 heterocycles. The summed E-state index contributed by atoms with van der Waals surface area (Å²) in [5, 5.41) is 17.1. The first-order valence-electron chi connectivity index (χ1n) is 10.0. The summed E-state index contributed by atoms with van der Waals surface area (Å²) in [6.07, 6.45) is 0. The van der Waals surface area contributed by atoms with Crippen molar-refractivity contribution in [1.29, 1.82) is 0 Å². The Morgan fingerprint density at radius 2 is 1.87 bits per heavy atom. The van der Waals surface area contributed by atoms with E-state index in [9.17, 15) is 14.7 Å². The average molecular weight is 422 g/mol. The maximum absolute atomic E-state index is 12.9. The van der Waals surface area contributed by atoms with Crippen LogP contribution in [0.3, 0.4) is 0 Å². The molecule has 0 aliphatic rings. The van der Waals surface area contributed by atoms with Crippen LogP contribution < -0.4 is 20.5 Å². The molecule has 8 nitrogen and oxygen atoms in total. The highest BCUT2D eigenvalue weighted by Crippen LogP contribution is 2.25. The Kier molecular flexibility index (Phi) is 6.59. The number of aromatic nitrogens is 2. The third kappa shape index (κ3) is 4.53. The maximum Gasteiger partial charge on any atom is 0.279 e. The molecule has 0 bridgehead atoms. The fourth-order valence-corrected chi connectivity index (χ4v) is 3.34. The van der Waals surface area contributed by atoms with E-state index in [1.807, 2.05) is 25.1 Å². The fourth-order valence-electron chi connectivity index (χ4n) is 3.34. The molecule has 0 radical (unpaired) electrons. The van der Waals surface area contributed by atoms with Crippen molar-refractivity contribution in [1.82, 2.24) is 9.78 Å². The molecular formula is C23H26N4O4. The molecule has 0 unspecified atom stereocenters. The van der Waals surface area contributed by atoms with Crippen LogP contribution in [0.1, 0.15) is 29.9 Å². The number of rotatable bonds is 7. The summed E-state index contributed by atoms with van der Waals surface area (Å²) < 4.78 is 6.31. The van der Waals surface area contributed by atoms with Gasteiger partial charge >= 0.3 is 0 Å². The van der Waals surface area contributed by atoms with E-state index < -0.39 is 17.2 Å². The van der Waals surface area contributed by atoms with Gasteiger partial charge in [0, 0.05) is 30.5 Å². The van der Waals surface area contributed by atoms with Gasteiger partial charge in [-0.3, -0.25) is 9.59 Å². The van der Waals surface area contributed by atoms with Crippen molar-refractivity contribution in [3.05, 3.63) is 70.1 Å². The molecule has 1 amide bonds. The highest BCUT2D eigenvalue weighted by molar-refractivity contribution is 6.05. The zero-order chi connectivity index (χ0) is 22.5. The molecule has 0 aliphatic carbocycles. The highest BCUT2D eigenvalue weighted by atomic mass is 16.5. The van der Waals surface area contributed by atoms with Crippen LogP contribution in [0.4, 0.5) is 11.4 Å². The smallest absolute Gasteiger partial charge is 0.279 e. The lowest BCUT2D eigenvalue weighted by Crippen LogP contribution is -2.26. The Morgan fingerprint density at radius 1 is 1.16 bits per heavy atom. The van der Waals surface area contributed by atoms with Crippen LogP contribution >= 0.6 is 0 Å². The third-order valence-electron chi connectivity index (χ3n) is 5.03. The van der Waals surface area contributed by atoms with Crippen molar-refractivity contribution in [3.63, 3.8) is 0 Å². The molecule has 3 rings (SSSR count). The summed E-state index contributed by atoms with van der Waals surface area (Å²) in [5.41, 5.74) is 2.04. The Hall–Kier alpha value is -3.81. The predicted octanol–water partition coefficient (Wildman–Crippen LogP) is 3.35. The van der Waals surface area contributed by atoms with Gasteiger partial charge in [0.1, 0.15) is 11.4 Å². The van der Waals surface area contributed by atoms with Crippen LogP contribution in [0, 0.1) is 6.92 Å². The number of nitrogens with one attached hydrogen (secondary N) is 1. The van der Waals surface area contributed by atoms with Gasteiger partial charge in [-0.05, 0) is 56.7 Å². The molecule has 3 aromatic rings. The van der Waals surface area contributed by atoms with E-state index in [1.54, 1.807) is 24.3 Å². The number of hydrogen-bond acceptors (Lipinski definition) is 6. The van der Waals surface area contributed by atoms with Crippen molar-refractivity contribution < 1.29 is 14.6 Å². The molecular weight excluding hydrogens is 396 g/mol. The Morgan fingerprint density at radius 3 is 2.52 bits per heavy atom. The number of nitrogens with zero attached hydrogens (tertiary/aromatic N) is 3. The summed E-state index contributed by atoms with van der Waals surface area (Å²) in [6, 6.07) is 13.5. The van der Waals surface area contributed by atoms with Gasteiger partial charge in [-0.25, -0.2) is 0 Å². The molecule has 0 saturated heterocycles. The van der Waals surface area contributed by atoms with Crippen LogP contribution in [0.15, 0.2) is 53.3 Å². The van der Waals surface area contributed by atoms with Gasteiger partial charge < -0.3 is 20.1 Å². The number of aromatic hydroxyl groups is 1. The van der Waals surface area contributed by atoms with Gasteiger partial charge in [-0.1, -0.05) is 12.1 Å². The second-order valence-electron chi connectivity index (χ2n) is 6.93. The van der Waals surface area contributed by atoms with E-state index in [-0.39, 0.29) is 5.69 Å². The molecule has 162 valence electrons. The van der Waals surface area contributed by atoms with E-state index >= 15 is 0 Å². The summed E-state index contributed by atoms with van der Waals surface area (Å²) in [6.45, 7) is 7.82. The summed E-state index contributed by atoms with van der Waals surface area (Å²) in [7, 11) is 1.47. The maximum atomic E-state index is 12.9. The number of carbonyl (C=O) groups excluding carboxylic acids is 1. The van der Waals surface area contributed by atoms with Crippen molar-refractivity contribution in [2.24, 2.45) is 0 Å². The number of ether oxygens (including phenoxy) is 1. The van der Waals surface area contributed by atoms with E-state index in [0.29, 0.717) is 17.1 Å². The van der Waals surface area contributed by atoms with Gasteiger partial charge in [0.05, 0.1) is 7.11 Å². The molecule has 2 N–H and O–H groups in total. The monoisotopic (exact) mass is 422 g/mol. The third-order valence-corrected chi connectivity index (χ3v) is 5.03. The molecule has 0 atom stereocenters. The zero-order valence-electron chi connectivity index (χ0n) is 18.0. The van der Waals surface area contributed by atoms with Crippen LogP contribution in [-0.4, -0.2) is 41.0 Å². The minimum atomic E-state index is -0.625. The lowest BCUT2D eigenvalue weighted by atomic mass is 10.1. The Bertz CT molecular complexity index is 1150. The second kappa shape index (κ2) is 9.34. The lowest BCUT2D eigenvalue weighted by molar-refractivity contribution is 0.101. The molecule has 8 heteroatoms. The first kappa shape index (κ1) is 21.9. The van der Waals surface area contributed by atoms with Gasteiger partial charge in [0.15, 0.2) is 11.4 Å².